The molecule has 0 saturated heterocycles. The zero-order valence-electron chi connectivity index (χ0n) is 13.3. The van der Waals surface area contributed by atoms with Gasteiger partial charge >= 0.3 is 0 Å². The fourth-order valence-corrected chi connectivity index (χ4v) is 2.63. The Morgan fingerprint density at radius 2 is 1.39 bits per heavy atom. The van der Waals surface area contributed by atoms with E-state index in [1.165, 1.54) is 5.56 Å². The second-order valence-corrected chi connectivity index (χ2v) is 5.47. The van der Waals surface area contributed by atoms with E-state index in [9.17, 15) is 4.39 Å². The summed E-state index contributed by atoms with van der Waals surface area (Å²) in [6, 6.07) is 21.1. The number of methoxy groups -OCH3 is 1. The van der Waals surface area contributed by atoms with Crippen molar-refractivity contribution >= 4 is 0 Å². The first-order valence-electron chi connectivity index (χ1n) is 7.74. The first-order valence-corrected chi connectivity index (χ1v) is 7.74. The van der Waals surface area contributed by atoms with Crippen molar-refractivity contribution in [1.29, 1.82) is 0 Å². The van der Waals surface area contributed by atoms with Gasteiger partial charge in [0.25, 0.3) is 0 Å². The first-order chi connectivity index (χ1) is 11.2. The van der Waals surface area contributed by atoms with Crippen molar-refractivity contribution in [2.45, 2.75) is 13.3 Å². The van der Waals surface area contributed by atoms with Crippen LogP contribution in [0.15, 0.2) is 66.7 Å². The molecule has 0 heterocycles. The molecule has 116 valence electrons. The molecule has 0 saturated carbocycles. The SMILES string of the molecule is CCc1ccc(-c2ccc(-c3ccc(OC)cc3)cc2F)cc1. The van der Waals surface area contributed by atoms with E-state index in [0.717, 1.165) is 28.9 Å². The number of ether oxygens (including phenoxy) is 1. The van der Waals surface area contributed by atoms with Crippen molar-refractivity contribution in [2.75, 3.05) is 7.11 Å². The normalized spacial score (nSPS) is 10.6. The number of aryl methyl sites for hydroxylation is 1. The third-order valence-electron chi connectivity index (χ3n) is 4.07. The minimum atomic E-state index is -0.206. The zero-order valence-corrected chi connectivity index (χ0v) is 13.3. The monoisotopic (exact) mass is 306 g/mol. The van der Waals surface area contributed by atoms with Crippen molar-refractivity contribution in [3.63, 3.8) is 0 Å². The van der Waals surface area contributed by atoms with Gasteiger partial charge in [0.2, 0.25) is 0 Å². The molecule has 3 rings (SSSR count). The zero-order chi connectivity index (χ0) is 16.2. The van der Waals surface area contributed by atoms with E-state index in [0.29, 0.717) is 5.56 Å². The average Bonchev–Trinajstić information content (AvgIpc) is 2.62. The van der Waals surface area contributed by atoms with Crippen LogP contribution in [-0.4, -0.2) is 7.11 Å². The lowest BCUT2D eigenvalue weighted by Crippen LogP contribution is -1.88. The number of halogens is 1. The highest BCUT2D eigenvalue weighted by atomic mass is 19.1. The van der Waals surface area contributed by atoms with E-state index < -0.39 is 0 Å². The second kappa shape index (κ2) is 6.66. The standard InChI is InChI=1S/C21H19FO/c1-3-15-4-6-17(7-5-15)20-13-10-18(14-21(20)22)16-8-11-19(23-2)12-9-16/h4-14H,3H2,1-2H3. The van der Waals surface area contributed by atoms with Gasteiger partial charge in [-0.1, -0.05) is 55.5 Å². The Hall–Kier alpha value is -2.61. The molecule has 1 nitrogen and oxygen atoms in total. The number of benzene rings is 3. The molecule has 0 aliphatic heterocycles. The van der Waals surface area contributed by atoms with Crippen LogP contribution < -0.4 is 4.74 Å². The molecular formula is C21H19FO. The topological polar surface area (TPSA) is 9.23 Å². The van der Waals surface area contributed by atoms with Crippen molar-refractivity contribution < 1.29 is 9.13 Å². The van der Waals surface area contributed by atoms with Crippen molar-refractivity contribution in [1.82, 2.24) is 0 Å². The van der Waals surface area contributed by atoms with Gasteiger partial charge in [-0.2, -0.15) is 0 Å². The Morgan fingerprint density at radius 3 is 1.96 bits per heavy atom. The summed E-state index contributed by atoms with van der Waals surface area (Å²) in [5.74, 6) is 0.587. The highest BCUT2D eigenvalue weighted by molar-refractivity contribution is 5.71. The lowest BCUT2D eigenvalue weighted by molar-refractivity contribution is 0.415. The third kappa shape index (κ3) is 3.26. The molecule has 0 atom stereocenters. The highest BCUT2D eigenvalue weighted by Gasteiger charge is 2.07. The van der Waals surface area contributed by atoms with Crippen LogP contribution in [0.4, 0.5) is 4.39 Å². The molecule has 23 heavy (non-hydrogen) atoms. The average molecular weight is 306 g/mol. The summed E-state index contributed by atoms with van der Waals surface area (Å²) in [6.07, 6.45) is 0.985. The van der Waals surface area contributed by atoms with Crippen molar-refractivity contribution in [2.24, 2.45) is 0 Å². The Morgan fingerprint density at radius 1 is 0.783 bits per heavy atom. The van der Waals surface area contributed by atoms with Crippen molar-refractivity contribution in [3.05, 3.63) is 78.1 Å². The molecule has 0 aliphatic rings. The molecule has 0 fully saturated rings. The smallest absolute Gasteiger partial charge is 0.131 e. The second-order valence-electron chi connectivity index (χ2n) is 5.47. The fraction of sp³-hybridized carbons (Fsp3) is 0.143. The van der Waals surface area contributed by atoms with E-state index in [1.54, 1.807) is 13.2 Å². The maximum Gasteiger partial charge on any atom is 0.131 e. The van der Waals surface area contributed by atoms with Gasteiger partial charge in [-0.05, 0) is 46.9 Å². The lowest BCUT2D eigenvalue weighted by Gasteiger charge is -2.08. The largest absolute Gasteiger partial charge is 0.497 e. The molecule has 3 aromatic rings. The molecule has 0 amide bonds. The van der Waals surface area contributed by atoms with E-state index in [4.69, 9.17) is 4.74 Å². The van der Waals surface area contributed by atoms with Crippen LogP contribution in [0.25, 0.3) is 22.3 Å². The van der Waals surface area contributed by atoms with Gasteiger partial charge in [-0.15, -0.1) is 0 Å². The van der Waals surface area contributed by atoms with E-state index >= 15 is 0 Å². The van der Waals surface area contributed by atoms with Crippen LogP contribution in [0.1, 0.15) is 12.5 Å². The van der Waals surface area contributed by atoms with Gasteiger partial charge in [0.05, 0.1) is 7.11 Å². The van der Waals surface area contributed by atoms with Gasteiger partial charge < -0.3 is 4.74 Å². The predicted octanol–water partition coefficient (Wildman–Crippen LogP) is 5.73. The molecule has 0 radical (unpaired) electrons. The summed E-state index contributed by atoms with van der Waals surface area (Å²) in [7, 11) is 1.63. The predicted molar refractivity (Wildman–Crippen MR) is 93.2 cm³/mol. The Balaban J connectivity index is 1.92. The molecule has 0 spiro atoms. The summed E-state index contributed by atoms with van der Waals surface area (Å²) >= 11 is 0. The van der Waals surface area contributed by atoms with Crippen LogP contribution in [0.3, 0.4) is 0 Å². The fourth-order valence-electron chi connectivity index (χ4n) is 2.63. The van der Waals surface area contributed by atoms with Crippen molar-refractivity contribution in [3.8, 4) is 28.0 Å². The third-order valence-corrected chi connectivity index (χ3v) is 4.07. The number of hydrogen-bond acceptors (Lipinski definition) is 1. The van der Waals surface area contributed by atoms with Crippen LogP contribution >= 0.6 is 0 Å². The molecule has 0 aliphatic carbocycles. The first kappa shape index (κ1) is 15.3. The van der Waals surface area contributed by atoms with Crippen LogP contribution in [0.5, 0.6) is 5.75 Å². The maximum atomic E-state index is 14.5. The van der Waals surface area contributed by atoms with Gasteiger partial charge in [0, 0.05) is 5.56 Å². The Labute approximate surface area is 136 Å². The number of rotatable bonds is 4. The Kier molecular flexibility index (Phi) is 4.42. The minimum Gasteiger partial charge on any atom is -0.497 e. The lowest BCUT2D eigenvalue weighted by atomic mass is 9.98. The molecule has 0 unspecified atom stereocenters. The van der Waals surface area contributed by atoms with E-state index in [1.807, 2.05) is 60.7 Å². The highest BCUT2D eigenvalue weighted by Crippen LogP contribution is 2.29. The number of hydrogen-bond donors (Lipinski definition) is 0. The minimum absolute atomic E-state index is 0.206. The quantitative estimate of drug-likeness (QED) is 0.598. The summed E-state index contributed by atoms with van der Waals surface area (Å²) in [6.45, 7) is 2.11. The molecule has 3 aromatic carbocycles. The maximum absolute atomic E-state index is 14.5. The summed E-state index contributed by atoms with van der Waals surface area (Å²) < 4.78 is 19.7. The van der Waals surface area contributed by atoms with E-state index in [-0.39, 0.29) is 5.82 Å². The van der Waals surface area contributed by atoms with Gasteiger partial charge in [0.15, 0.2) is 0 Å². The van der Waals surface area contributed by atoms with Gasteiger partial charge in [0.1, 0.15) is 11.6 Å². The molecule has 0 bridgehead atoms. The van der Waals surface area contributed by atoms with Crippen LogP contribution in [0.2, 0.25) is 0 Å². The summed E-state index contributed by atoms with van der Waals surface area (Å²) in [5, 5.41) is 0. The Bertz CT molecular complexity index is 789. The van der Waals surface area contributed by atoms with Crippen LogP contribution in [0, 0.1) is 5.82 Å². The molecule has 0 N–H and O–H groups in total. The van der Waals surface area contributed by atoms with Gasteiger partial charge in [-0.3, -0.25) is 0 Å². The summed E-state index contributed by atoms with van der Waals surface area (Å²) in [4.78, 5) is 0. The molecular weight excluding hydrogens is 287 g/mol. The van der Waals surface area contributed by atoms with E-state index in [2.05, 4.69) is 6.92 Å². The summed E-state index contributed by atoms with van der Waals surface area (Å²) in [5.41, 5.74) is 4.62. The van der Waals surface area contributed by atoms with Crippen LogP contribution in [-0.2, 0) is 6.42 Å². The molecule has 0 aromatic heterocycles. The molecule has 2 heteroatoms. The van der Waals surface area contributed by atoms with Gasteiger partial charge in [-0.25, -0.2) is 4.39 Å².